The summed E-state index contributed by atoms with van der Waals surface area (Å²) in [5.41, 5.74) is 0.354. The fraction of sp³-hybridized carbons (Fsp3) is 0.200. The first kappa shape index (κ1) is 20.9. The largest absolute Gasteiger partial charge is 0.425 e. The molecule has 0 bridgehead atoms. The van der Waals surface area contributed by atoms with Gasteiger partial charge in [0.1, 0.15) is 17.0 Å². The van der Waals surface area contributed by atoms with E-state index in [2.05, 4.69) is 9.97 Å². The van der Waals surface area contributed by atoms with Crippen molar-refractivity contribution in [1.82, 2.24) is 14.5 Å². The van der Waals surface area contributed by atoms with Crippen LogP contribution in [0.3, 0.4) is 0 Å². The molecule has 0 N–H and O–H groups in total. The number of alkyl halides is 3. The molecule has 0 unspecified atom stereocenters. The van der Waals surface area contributed by atoms with Crippen molar-refractivity contribution in [3.05, 3.63) is 80.4 Å². The molecule has 0 spiro atoms. The van der Waals surface area contributed by atoms with E-state index < -0.39 is 22.6 Å². The van der Waals surface area contributed by atoms with E-state index in [9.17, 15) is 27.2 Å². The predicted octanol–water partition coefficient (Wildman–Crippen LogP) is 3.38. The number of carbonyl (C=O) groups excluding carboxylic acids is 1. The average Bonchev–Trinajstić information content (AvgIpc) is 3.19. The standard InChI is InChI=1S/C20H14F4N4O2S/c21-13-3-1-12(2-4-13)15-7-8-27(10-16(15)29)18-25-11-28(19(30)26-18)9-14-5-6-17(31-14)20(22,23)24/h1-7,11H,8-10H2. The zero-order valence-corrected chi connectivity index (χ0v) is 16.6. The van der Waals surface area contributed by atoms with E-state index in [4.69, 9.17) is 0 Å². The normalized spacial score (nSPS) is 14.6. The first-order chi connectivity index (χ1) is 14.7. The van der Waals surface area contributed by atoms with Crippen LogP contribution in [0.2, 0.25) is 0 Å². The minimum atomic E-state index is -4.44. The third kappa shape index (κ3) is 4.55. The van der Waals surface area contributed by atoms with Gasteiger partial charge in [0.15, 0.2) is 5.78 Å². The number of benzene rings is 1. The molecule has 2 aromatic heterocycles. The number of Topliss-reactive ketones (excluding diaryl/α,β-unsaturated/α-hetero) is 1. The van der Waals surface area contributed by atoms with Gasteiger partial charge in [-0.05, 0) is 29.8 Å². The van der Waals surface area contributed by atoms with Gasteiger partial charge >= 0.3 is 11.9 Å². The fourth-order valence-corrected chi connectivity index (χ4v) is 3.97. The predicted molar refractivity (Wildman–Crippen MR) is 106 cm³/mol. The number of carbonyl (C=O) groups is 1. The van der Waals surface area contributed by atoms with Crippen molar-refractivity contribution >= 4 is 28.6 Å². The Hall–Kier alpha value is -3.34. The highest BCUT2D eigenvalue weighted by molar-refractivity contribution is 7.12. The molecule has 1 aliphatic heterocycles. The van der Waals surface area contributed by atoms with Crippen LogP contribution >= 0.6 is 11.3 Å². The Morgan fingerprint density at radius 1 is 1.06 bits per heavy atom. The van der Waals surface area contributed by atoms with Crippen molar-refractivity contribution in [3.63, 3.8) is 0 Å². The molecule has 11 heteroatoms. The quantitative estimate of drug-likeness (QED) is 0.570. The third-order valence-corrected chi connectivity index (χ3v) is 5.72. The first-order valence-corrected chi connectivity index (χ1v) is 9.86. The van der Waals surface area contributed by atoms with Crippen LogP contribution in [0.1, 0.15) is 15.3 Å². The van der Waals surface area contributed by atoms with Gasteiger partial charge < -0.3 is 4.90 Å². The number of hydrogen-bond acceptors (Lipinski definition) is 6. The Balaban J connectivity index is 1.49. The van der Waals surface area contributed by atoms with Crippen molar-refractivity contribution in [1.29, 1.82) is 0 Å². The fourth-order valence-electron chi connectivity index (χ4n) is 3.09. The first-order valence-electron chi connectivity index (χ1n) is 9.04. The van der Waals surface area contributed by atoms with Crippen LogP contribution in [0.5, 0.6) is 0 Å². The number of halogens is 4. The van der Waals surface area contributed by atoms with E-state index in [1.807, 2.05) is 0 Å². The second-order valence-corrected chi connectivity index (χ2v) is 7.93. The topological polar surface area (TPSA) is 68.1 Å². The van der Waals surface area contributed by atoms with Gasteiger partial charge in [0, 0.05) is 17.0 Å². The molecule has 1 aliphatic rings. The van der Waals surface area contributed by atoms with E-state index in [1.54, 1.807) is 6.08 Å². The van der Waals surface area contributed by atoms with Crippen LogP contribution in [-0.4, -0.2) is 33.4 Å². The molecule has 0 saturated heterocycles. The Bertz CT molecular complexity index is 1210. The zero-order valence-electron chi connectivity index (χ0n) is 15.8. The molecule has 0 fully saturated rings. The number of anilines is 1. The maximum absolute atomic E-state index is 13.1. The molecule has 0 saturated carbocycles. The van der Waals surface area contributed by atoms with E-state index >= 15 is 0 Å². The lowest BCUT2D eigenvalue weighted by Gasteiger charge is -2.25. The summed E-state index contributed by atoms with van der Waals surface area (Å²) in [4.78, 5) is 33.9. The minimum Gasteiger partial charge on any atom is -0.329 e. The Morgan fingerprint density at radius 3 is 2.42 bits per heavy atom. The summed E-state index contributed by atoms with van der Waals surface area (Å²) in [5.74, 6) is -0.588. The summed E-state index contributed by atoms with van der Waals surface area (Å²) in [6.07, 6.45) is -1.59. The average molecular weight is 450 g/mol. The van der Waals surface area contributed by atoms with Crippen molar-refractivity contribution in [2.45, 2.75) is 12.7 Å². The molecule has 0 aliphatic carbocycles. The summed E-state index contributed by atoms with van der Waals surface area (Å²) in [7, 11) is 0. The van der Waals surface area contributed by atoms with Gasteiger partial charge in [-0.3, -0.25) is 9.36 Å². The van der Waals surface area contributed by atoms with Crippen LogP contribution in [-0.2, 0) is 17.5 Å². The van der Waals surface area contributed by atoms with Crippen molar-refractivity contribution < 1.29 is 22.4 Å². The molecule has 4 rings (SSSR count). The maximum Gasteiger partial charge on any atom is 0.425 e. The number of hydrogen-bond donors (Lipinski definition) is 0. The van der Waals surface area contributed by atoms with Crippen molar-refractivity contribution in [2.75, 3.05) is 18.0 Å². The summed E-state index contributed by atoms with van der Waals surface area (Å²) >= 11 is 0.548. The molecule has 0 atom stereocenters. The summed E-state index contributed by atoms with van der Waals surface area (Å²) < 4.78 is 52.4. The van der Waals surface area contributed by atoms with Crippen LogP contribution < -0.4 is 10.6 Å². The lowest BCUT2D eigenvalue weighted by Crippen LogP contribution is -2.38. The smallest absolute Gasteiger partial charge is 0.329 e. The van der Waals surface area contributed by atoms with Crippen LogP contribution in [0.15, 0.2) is 53.6 Å². The Kier molecular flexibility index (Phi) is 5.44. The molecular weight excluding hydrogens is 436 g/mol. The van der Waals surface area contributed by atoms with E-state index in [0.717, 1.165) is 10.6 Å². The van der Waals surface area contributed by atoms with E-state index in [-0.39, 0.29) is 31.4 Å². The van der Waals surface area contributed by atoms with Crippen LogP contribution in [0.4, 0.5) is 23.5 Å². The molecule has 31 heavy (non-hydrogen) atoms. The molecular formula is C20H14F4N4O2S. The lowest BCUT2D eigenvalue weighted by atomic mass is 9.98. The molecule has 3 heterocycles. The highest BCUT2D eigenvalue weighted by atomic mass is 32.1. The number of thiophene rings is 1. The van der Waals surface area contributed by atoms with Gasteiger partial charge in [0.2, 0.25) is 5.95 Å². The van der Waals surface area contributed by atoms with Crippen LogP contribution in [0, 0.1) is 5.82 Å². The summed E-state index contributed by atoms with van der Waals surface area (Å²) in [5, 5.41) is 0. The minimum absolute atomic E-state index is 0.0474. The Labute approximate surface area is 177 Å². The summed E-state index contributed by atoms with van der Waals surface area (Å²) in [6.45, 7) is 0.113. The van der Waals surface area contributed by atoms with E-state index in [0.29, 0.717) is 27.4 Å². The maximum atomic E-state index is 13.1. The van der Waals surface area contributed by atoms with Crippen LogP contribution in [0.25, 0.3) is 5.57 Å². The molecule has 0 amide bonds. The molecule has 1 aromatic carbocycles. The van der Waals surface area contributed by atoms with Gasteiger partial charge in [-0.1, -0.05) is 18.2 Å². The lowest BCUT2D eigenvalue weighted by molar-refractivity contribution is -0.134. The molecule has 3 aromatic rings. The van der Waals surface area contributed by atoms with Gasteiger partial charge in [0.05, 0.1) is 13.1 Å². The molecule has 6 nitrogen and oxygen atoms in total. The van der Waals surface area contributed by atoms with Gasteiger partial charge in [-0.2, -0.15) is 18.2 Å². The number of rotatable bonds is 4. The number of ketones is 1. The van der Waals surface area contributed by atoms with Gasteiger partial charge in [-0.15, -0.1) is 11.3 Å². The second kappa shape index (κ2) is 8.06. The number of nitrogens with zero attached hydrogens (tertiary/aromatic N) is 4. The van der Waals surface area contributed by atoms with Gasteiger partial charge in [-0.25, -0.2) is 14.2 Å². The highest BCUT2D eigenvalue weighted by Crippen LogP contribution is 2.34. The second-order valence-electron chi connectivity index (χ2n) is 6.76. The number of aromatic nitrogens is 3. The van der Waals surface area contributed by atoms with E-state index in [1.165, 1.54) is 41.6 Å². The molecule has 160 valence electrons. The monoisotopic (exact) mass is 450 g/mol. The highest BCUT2D eigenvalue weighted by Gasteiger charge is 2.32. The molecule has 0 radical (unpaired) electrons. The third-order valence-electron chi connectivity index (χ3n) is 4.61. The van der Waals surface area contributed by atoms with Gasteiger partial charge in [0.25, 0.3) is 0 Å². The SMILES string of the molecule is O=C1CN(c2ncn(Cc3ccc(C(F)(F)F)s3)c(=O)n2)CC=C1c1ccc(F)cc1. The summed E-state index contributed by atoms with van der Waals surface area (Å²) in [6, 6.07) is 7.83. The van der Waals surface area contributed by atoms with Crippen molar-refractivity contribution in [2.24, 2.45) is 0 Å². The Morgan fingerprint density at radius 2 is 1.81 bits per heavy atom. The zero-order chi connectivity index (χ0) is 22.2. The van der Waals surface area contributed by atoms with Crippen molar-refractivity contribution in [3.8, 4) is 0 Å².